The van der Waals surface area contributed by atoms with E-state index in [1.165, 1.54) is 0 Å². The highest BCUT2D eigenvalue weighted by atomic mass is 16.5. The number of hydrogen-bond acceptors (Lipinski definition) is 4. The van der Waals surface area contributed by atoms with Crippen molar-refractivity contribution in [3.8, 4) is 0 Å². The quantitative estimate of drug-likeness (QED) is 0.812. The third kappa shape index (κ3) is 4.22. The lowest BCUT2D eigenvalue weighted by Gasteiger charge is -2.43. The summed E-state index contributed by atoms with van der Waals surface area (Å²) < 4.78 is 11.8. The van der Waals surface area contributed by atoms with Gasteiger partial charge in [0.15, 0.2) is 0 Å². The number of ether oxygens (including phenoxy) is 2. The van der Waals surface area contributed by atoms with E-state index in [9.17, 15) is 9.59 Å². The SMILES string of the molecule is CC(C)CC(=O)N1C(C(=O)NCC2CCCO2)COC12CCC(C)CC2. The van der Waals surface area contributed by atoms with Crippen LogP contribution in [0.2, 0.25) is 0 Å². The van der Waals surface area contributed by atoms with Gasteiger partial charge in [-0.05, 0) is 50.4 Å². The van der Waals surface area contributed by atoms with Crippen molar-refractivity contribution in [3.05, 3.63) is 0 Å². The maximum atomic E-state index is 13.0. The molecule has 3 rings (SSSR count). The van der Waals surface area contributed by atoms with Gasteiger partial charge in [-0.1, -0.05) is 20.8 Å². The van der Waals surface area contributed by atoms with Crippen molar-refractivity contribution in [1.29, 1.82) is 0 Å². The Kier molecular flexibility index (Phi) is 6.23. The molecular weight excluding hydrogens is 332 g/mol. The number of carbonyl (C=O) groups is 2. The van der Waals surface area contributed by atoms with E-state index in [2.05, 4.69) is 12.2 Å². The molecule has 0 radical (unpaired) electrons. The molecule has 1 N–H and O–H groups in total. The summed E-state index contributed by atoms with van der Waals surface area (Å²) in [7, 11) is 0. The lowest BCUT2D eigenvalue weighted by molar-refractivity contribution is -0.162. The zero-order valence-electron chi connectivity index (χ0n) is 16.5. The zero-order valence-corrected chi connectivity index (χ0v) is 16.5. The average molecular weight is 367 g/mol. The molecule has 6 heteroatoms. The summed E-state index contributed by atoms with van der Waals surface area (Å²) in [5.74, 6) is 0.856. The third-order valence-electron chi connectivity index (χ3n) is 6.00. The van der Waals surface area contributed by atoms with E-state index in [-0.39, 0.29) is 23.8 Å². The van der Waals surface area contributed by atoms with E-state index in [1.54, 1.807) is 4.90 Å². The van der Waals surface area contributed by atoms with Crippen molar-refractivity contribution in [3.63, 3.8) is 0 Å². The number of nitrogens with one attached hydrogen (secondary N) is 1. The number of rotatable bonds is 5. The Balaban J connectivity index is 1.70. The van der Waals surface area contributed by atoms with E-state index in [0.29, 0.717) is 25.5 Å². The molecule has 0 bridgehead atoms. The van der Waals surface area contributed by atoms with E-state index in [0.717, 1.165) is 45.1 Å². The van der Waals surface area contributed by atoms with Gasteiger partial charge in [0, 0.05) is 19.6 Å². The Morgan fingerprint density at radius 2 is 1.96 bits per heavy atom. The van der Waals surface area contributed by atoms with Crippen LogP contribution in [0.1, 0.15) is 65.7 Å². The molecule has 2 unspecified atom stereocenters. The molecule has 2 atom stereocenters. The summed E-state index contributed by atoms with van der Waals surface area (Å²) in [5.41, 5.74) is -0.579. The summed E-state index contributed by atoms with van der Waals surface area (Å²) in [6.45, 7) is 7.91. The molecule has 2 aliphatic heterocycles. The molecule has 2 heterocycles. The molecule has 2 amide bonds. The predicted octanol–water partition coefficient (Wildman–Crippen LogP) is 2.46. The van der Waals surface area contributed by atoms with Crippen LogP contribution in [0, 0.1) is 11.8 Å². The largest absolute Gasteiger partial charge is 0.376 e. The second-order valence-electron chi connectivity index (χ2n) is 8.70. The first kappa shape index (κ1) is 19.6. The Morgan fingerprint density at radius 1 is 1.23 bits per heavy atom. The second-order valence-corrected chi connectivity index (χ2v) is 8.70. The number of hydrogen-bond donors (Lipinski definition) is 1. The van der Waals surface area contributed by atoms with Crippen LogP contribution < -0.4 is 5.32 Å². The molecule has 2 saturated heterocycles. The number of carbonyl (C=O) groups excluding carboxylic acids is 2. The second kappa shape index (κ2) is 8.26. The lowest BCUT2D eigenvalue weighted by Crippen LogP contribution is -2.57. The van der Waals surface area contributed by atoms with Crippen molar-refractivity contribution < 1.29 is 19.1 Å². The molecular formula is C20H34N2O4. The van der Waals surface area contributed by atoms with Gasteiger partial charge in [-0.15, -0.1) is 0 Å². The Morgan fingerprint density at radius 3 is 2.58 bits per heavy atom. The first-order valence-corrected chi connectivity index (χ1v) is 10.3. The Hall–Kier alpha value is -1.14. The van der Waals surface area contributed by atoms with Crippen LogP contribution >= 0.6 is 0 Å². The Bertz CT molecular complexity index is 508. The highest BCUT2D eigenvalue weighted by Gasteiger charge is 2.53. The molecule has 3 fully saturated rings. The van der Waals surface area contributed by atoms with Crippen molar-refractivity contribution in [1.82, 2.24) is 10.2 Å². The van der Waals surface area contributed by atoms with Crippen molar-refractivity contribution in [2.75, 3.05) is 19.8 Å². The van der Waals surface area contributed by atoms with Gasteiger partial charge in [-0.2, -0.15) is 0 Å². The summed E-state index contributed by atoms with van der Waals surface area (Å²) >= 11 is 0. The summed E-state index contributed by atoms with van der Waals surface area (Å²) in [4.78, 5) is 27.7. The van der Waals surface area contributed by atoms with E-state index >= 15 is 0 Å². The van der Waals surface area contributed by atoms with E-state index in [4.69, 9.17) is 9.47 Å². The molecule has 6 nitrogen and oxygen atoms in total. The van der Waals surface area contributed by atoms with Crippen molar-refractivity contribution in [2.45, 2.75) is 83.6 Å². The number of amides is 2. The molecule has 26 heavy (non-hydrogen) atoms. The Labute approximate surface area is 157 Å². The molecule has 0 aromatic carbocycles. The maximum Gasteiger partial charge on any atom is 0.245 e. The minimum atomic E-state index is -0.579. The maximum absolute atomic E-state index is 13.0. The first-order chi connectivity index (χ1) is 12.4. The fourth-order valence-corrected chi connectivity index (χ4v) is 4.44. The van der Waals surface area contributed by atoms with Crippen LogP contribution in [0.15, 0.2) is 0 Å². The van der Waals surface area contributed by atoms with Crippen molar-refractivity contribution >= 4 is 11.8 Å². The van der Waals surface area contributed by atoms with Gasteiger partial charge in [0.25, 0.3) is 0 Å². The highest BCUT2D eigenvalue weighted by molar-refractivity contribution is 5.89. The van der Waals surface area contributed by atoms with Gasteiger partial charge in [0.1, 0.15) is 11.8 Å². The topological polar surface area (TPSA) is 67.9 Å². The van der Waals surface area contributed by atoms with Gasteiger partial charge >= 0.3 is 0 Å². The van der Waals surface area contributed by atoms with Crippen LogP contribution in [0.3, 0.4) is 0 Å². The van der Waals surface area contributed by atoms with E-state index in [1.807, 2.05) is 13.8 Å². The number of nitrogens with zero attached hydrogens (tertiary/aromatic N) is 1. The third-order valence-corrected chi connectivity index (χ3v) is 6.00. The summed E-state index contributed by atoms with van der Waals surface area (Å²) in [6.07, 6.45) is 6.32. The standard InChI is InChI=1S/C20H34N2O4/c1-14(2)11-18(23)22-17(19(24)21-12-16-5-4-10-25-16)13-26-20(22)8-6-15(3)7-9-20/h14-17H,4-13H2,1-3H3,(H,21,24). The normalized spacial score (nSPS) is 34.6. The van der Waals surface area contributed by atoms with Crippen LogP contribution in [0.25, 0.3) is 0 Å². The summed E-state index contributed by atoms with van der Waals surface area (Å²) in [6, 6.07) is -0.518. The van der Waals surface area contributed by atoms with Gasteiger partial charge in [0.05, 0.1) is 12.7 Å². The smallest absolute Gasteiger partial charge is 0.245 e. The predicted molar refractivity (Wildman–Crippen MR) is 98.4 cm³/mol. The highest BCUT2D eigenvalue weighted by Crippen LogP contribution is 2.42. The zero-order chi connectivity index (χ0) is 18.7. The lowest BCUT2D eigenvalue weighted by atomic mass is 9.83. The molecule has 0 aromatic heterocycles. The minimum absolute atomic E-state index is 0.0457. The molecule has 1 spiro atoms. The van der Waals surface area contributed by atoms with Crippen LogP contribution in [-0.2, 0) is 19.1 Å². The van der Waals surface area contributed by atoms with Gasteiger partial charge in [-0.25, -0.2) is 0 Å². The van der Waals surface area contributed by atoms with Gasteiger partial charge in [-0.3, -0.25) is 14.5 Å². The van der Waals surface area contributed by atoms with Crippen LogP contribution in [0.4, 0.5) is 0 Å². The fraction of sp³-hybridized carbons (Fsp3) is 0.900. The molecule has 1 aliphatic carbocycles. The van der Waals surface area contributed by atoms with Crippen LogP contribution in [0.5, 0.6) is 0 Å². The molecule has 148 valence electrons. The molecule has 1 saturated carbocycles. The molecule has 0 aromatic rings. The monoisotopic (exact) mass is 366 g/mol. The van der Waals surface area contributed by atoms with Gasteiger partial charge in [0.2, 0.25) is 11.8 Å². The van der Waals surface area contributed by atoms with Crippen LogP contribution in [-0.4, -0.2) is 54.3 Å². The van der Waals surface area contributed by atoms with Gasteiger partial charge < -0.3 is 14.8 Å². The van der Waals surface area contributed by atoms with E-state index < -0.39 is 11.8 Å². The molecule has 3 aliphatic rings. The summed E-state index contributed by atoms with van der Waals surface area (Å²) in [5, 5.41) is 3.00. The van der Waals surface area contributed by atoms with Crippen molar-refractivity contribution in [2.24, 2.45) is 11.8 Å². The first-order valence-electron chi connectivity index (χ1n) is 10.3. The average Bonchev–Trinajstić information content (AvgIpc) is 3.23. The fourth-order valence-electron chi connectivity index (χ4n) is 4.44. The minimum Gasteiger partial charge on any atom is -0.376 e.